The first-order valence-electron chi connectivity index (χ1n) is 5.74. The van der Waals surface area contributed by atoms with Crippen molar-refractivity contribution in [1.82, 2.24) is 5.32 Å². The molecular weight excluding hydrogens is 393 g/mol. The molecule has 2 nitrogen and oxygen atoms in total. The van der Waals surface area contributed by atoms with Crippen LogP contribution in [0.2, 0.25) is 0 Å². The molecule has 4 heteroatoms. The van der Waals surface area contributed by atoms with Gasteiger partial charge in [0.25, 0.3) is 5.91 Å². The van der Waals surface area contributed by atoms with Crippen molar-refractivity contribution in [3.63, 3.8) is 0 Å². The molecule has 0 aliphatic heterocycles. The highest BCUT2D eigenvalue weighted by Gasteiger charge is 2.08. The molecule has 1 amide bonds. The largest absolute Gasteiger partial charge is 0.352 e. The van der Waals surface area contributed by atoms with Crippen molar-refractivity contribution in [3.05, 3.63) is 33.4 Å². The highest BCUT2D eigenvalue weighted by Crippen LogP contribution is 2.11. The second kappa shape index (κ2) is 8.08. The van der Waals surface area contributed by atoms with Gasteiger partial charge >= 0.3 is 0 Å². The van der Waals surface area contributed by atoms with Crippen LogP contribution in [0.1, 0.15) is 30.1 Å². The summed E-state index contributed by atoms with van der Waals surface area (Å²) >= 11 is 5.64. The molecule has 0 aliphatic carbocycles. The smallest absolute Gasteiger partial charge is 0.252 e. The average Bonchev–Trinajstić information content (AvgIpc) is 2.34. The molecule has 0 aliphatic rings. The maximum Gasteiger partial charge on any atom is 0.252 e. The molecule has 0 radical (unpaired) electrons. The molecule has 0 bridgehead atoms. The number of amides is 1. The van der Waals surface area contributed by atoms with Gasteiger partial charge in [-0.15, -0.1) is 0 Å². The van der Waals surface area contributed by atoms with Crippen LogP contribution in [0.25, 0.3) is 0 Å². The number of carbonyl (C=O) groups is 1. The average molecular weight is 410 g/mol. The van der Waals surface area contributed by atoms with Crippen LogP contribution in [0.5, 0.6) is 0 Å². The van der Waals surface area contributed by atoms with E-state index in [1.165, 1.54) is 0 Å². The highest BCUT2D eigenvalue weighted by molar-refractivity contribution is 14.1. The summed E-state index contributed by atoms with van der Waals surface area (Å²) in [6.07, 6.45) is 2.17. The van der Waals surface area contributed by atoms with Crippen molar-refractivity contribution in [3.8, 4) is 0 Å². The Hall–Kier alpha value is -0.100. The summed E-state index contributed by atoms with van der Waals surface area (Å²) in [7, 11) is 0. The standard InChI is InChI=1S/C13H17BrINO/c1-10(9-14)5-4-8-16-13(17)11-6-2-3-7-12(11)15/h2-3,6-7,10H,4-5,8-9H2,1H3,(H,16,17). The van der Waals surface area contributed by atoms with Gasteiger partial charge in [-0.05, 0) is 53.5 Å². The molecule has 1 rings (SSSR count). The van der Waals surface area contributed by atoms with Crippen LogP contribution in [0.3, 0.4) is 0 Å². The van der Waals surface area contributed by atoms with Gasteiger partial charge < -0.3 is 5.32 Å². The quantitative estimate of drug-likeness (QED) is 0.431. The Morgan fingerprint density at radius 2 is 2.18 bits per heavy atom. The lowest BCUT2D eigenvalue weighted by Crippen LogP contribution is -2.25. The Morgan fingerprint density at radius 3 is 2.82 bits per heavy atom. The fourth-order valence-corrected chi connectivity index (χ4v) is 2.43. The number of rotatable bonds is 6. The van der Waals surface area contributed by atoms with E-state index in [9.17, 15) is 4.79 Å². The maximum absolute atomic E-state index is 11.9. The first-order chi connectivity index (χ1) is 8.15. The fraction of sp³-hybridized carbons (Fsp3) is 0.462. The van der Waals surface area contributed by atoms with Crippen LogP contribution in [0, 0.1) is 9.49 Å². The van der Waals surface area contributed by atoms with E-state index < -0.39 is 0 Å². The third-order valence-corrected chi connectivity index (χ3v) is 4.59. The summed E-state index contributed by atoms with van der Waals surface area (Å²) in [6, 6.07) is 7.64. The van der Waals surface area contributed by atoms with Crippen molar-refractivity contribution in [2.75, 3.05) is 11.9 Å². The molecule has 1 aromatic carbocycles. The lowest BCUT2D eigenvalue weighted by atomic mass is 10.1. The number of hydrogen-bond acceptors (Lipinski definition) is 1. The zero-order valence-corrected chi connectivity index (χ0v) is 13.6. The number of hydrogen-bond donors (Lipinski definition) is 1. The first-order valence-corrected chi connectivity index (χ1v) is 7.94. The van der Waals surface area contributed by atoms with E-state index in [2.05, 4.69) is 50.8 Å². The topological polar surface area (TPSA) is 29.1 Å². The van der Waals surface area contributed by atoms with Crippen molar-refractivity contribution < 1.29 is 4.79 Å². The van der Waals surface area contributed by atoms with Crippen LogP contribution in [0.15, 0.2) is 24.3 Å². The minimum Gasteiger partial charge on any atom is -0.352 e. The Labute approximate surface area is 125 Å². The fourth-order valence-electron chi connectivity index (χ4n) is 1.47. The van der Waals surface area contributed by atoms with Gasteiger partial charge in [0.1, 0.15) is 0 Å². The normalized spacial score (nSPS) is 12.2. The van der Waals surface area contributed by atoms with Crippen LogP contribution in [-0.2, 0) is 0 Å². The molecule has 0 fully saturated rings. The number of nitrogens with one attached hydrogen (secondary N) is 1. The molecule has 0 aromatic heterocycles. The van der Waals surface area contributed by atoms with Crippen LogP contribution < -0.4 is 5.32 Å². The highest BCUT2D eigenvalue weighted by atomic mass is 127. The predicted molar refractivity (Wildman–Crippen MR) is 83.7 cm³/mol. The van der Waals surface area contributed by atoms with Crippen molar-refractivity contribution >= 4 is 44.4 Å². The molecule has 1 N–H and O–H groups in total. The van der Waals surface area contributed by atoms with Gasteiger partial charge in [-0.1, -0.05) is 35.0 Å². The third-order valence-electron chi connectivity index (χ3n) is 2.54. The second-order valence-electron chi connectivity index (χ2n) is 4.14. The second-order valence-corrected chi connectivity index (χ2v) is 5.95. The van der Waals surface area contributed by atoms with Gasteiger partial charge in [-0.2, -0.15) is 0 Å². The first kappa shape index (κ1) is 15.0. The van der Waals surface area contributed by atoms with Gasteiger partial charge in [0.05, 0.1) is 5.56 Å². The summed E-state index contributed by atoms with van der Waals surface area (Å²) in [6.45, 7) is 2.96. The van der Waals surface area contributed by atoms with Gasteiger partial charge in [0.2, 0.25) is 0 Å². The molecule has 0 heterocycles. The third kappa shape index (κ3) is 5.38. The predicted octanol–water partition coefficient (Wildman–Crippen LogP) is 3.83. The van der Waals surface area contributed by atoms with E-state index >= 15 is 0 Å². The van der Waals surface area contributed by atoms with E-state index in [-0.39, 0.29) is 5.91 Å². The Bertz CT molecular complexity index is 370. The Morgan fingerprint density at radius 1 is 1.47 bits per heavy atom. The van der Waals surface area contributed by atoms with Gasteiger partial charge in [-0.25, -0.2) is 0 Å². The molecule has 0 spiro atoms. The lowest BCUT2D eigenvalue weighted by Gasteiger charge is -2.09. The summed E-state index contributed by atoms with van der Waals surface area (Å²) in [5.74, 6) is 0.699. The van der Waals surface area contributed by atoms with E-state index in [0.29, 0.717) is 5.92 Å². The summed E-state index contributed by atoms with van der Waals surface area (Å²) in [5, 5.41) is 3.99. The zero-order chi connectivity index (χ0) is 12.7. The molecule has 0 saturated heterocycles. The lowest BCUT2D eigenvalue weighted by molar-refractivity contribution is 0.0951. The Kier molecular flexibility index (Phi) is 7.11. The van der Waals surface area contributed by atoms with Crippen LogP contribution in [-0.4, -0.2) is 17.8 Å². The Balaban J connectivity index is 2.33. The summed E-state index contributed by atoms with van der Waals surface area (Å²) < 4.78 is 0.997. The molecule has 94 valence electrons. The molecule has 1 unspecified atom stereocenters. The van der Waals surface area contributed by atoms with Gasteiger partial charge in [-0.3, -0.25) is 4.79 Å². The van der Waals surface area contributed by atoms with Gasteiger partial charge in [0.15, 0.2) is 0 Å². The maximum atomic E-state index is 11.9. The minimum atomic E-state index is 0.0292. The van der Waals surface area contributed by atoms with Crippen molar-refractivity contribution in [1.29, 1.82) is 0 Å². The molecule has 17 heavy (non-hydrogen) atoms. The van der Waals surface area contributed by atoms with E-state index in [1.54, 1.807) is 0 Å². The molecule has 0 saturated carbocycles. The molecule has 1 atom stereocenters. The van der Waals surface area contributed by atoms with E-state index in [0.717, 1.165) is 33.9 Å². The van der Waals surface area contributed by atoms with E-state index in [4.69, 9.17) is 0 Å². The zero-order valence-electron chi connectivity index (χ0n) is 9.88. The SMILES string of the molecule is CC(CBr)CCCNC(=O)c1ccccc1I. The van der Waals surface area contributed by atoms with E-state index in [1.807, 2.05) is 24.3 Å². The van der Waals surface area contributed by atoms with Crippen molar-refractivity contribution in [2.24, 2.45) is 5.92 Å². The van der Waals surface area contributed by atoms with Crippen molar-refractivity contribution in [2.45, 2.75) is 19.8 Å². The number of halogens is 2. The molecule has 1 aromatic rings. The number of alkyl halides is 1. The number of carbonyl (C=O) groups excluding carboxylic acids is 1. The minimum absolute atomic E-state index is 0.0292. The van der Waals surface area contributed by atoms with Gasteiger partial charge in [0, 0.05) is 15.4 Å². The van der Waals surface area contributed by atoms with Crippen LogP contribution >= 0.6 is 38.5 Å². The number of benzene rings is 1. The monoisotopic (exact) mass is 409 g/mol. The summed E-state index contributed by atoms with van der Waals surface area (Å²) in [5.41, 5.74) is 0.765. The summed E-state index contributed by atoms with van der Waals surface area (Å²) in [4.78, 5) is 11.9. The molecular formula is C13H17BrINO. The van der Waals surface area contributed by atoms with Crippen LogP contribution in [0.4, 0.5) is 0 Å².